The topological polar surface area (TPSA) is 95.0 Å². The largest absolute Gasteiger partial charge is 0.481 e. The van der Waals surface area contributed by atoms with Crippen molar-refractivity contribution in [3.63, 3.8) is 0 Å². The number of rotatable bonds is 4. The monoisotopic (exact) mass is 428 g/mol. The number of hydrogen-bond acceptors (Lipinski definition) is 4. The fourth-order valence-corrected chi connectivity index (χ4v) is 4.94. The highest BCUT2D eigenvalue weighted by Crippen LogP contribution is 2.40. The van der Waals surface area contributed by atoms with Crippen LogP contribution in [0, 0.1) is 0 Å². The van der Waals surface area contributed by atoms with Gasteiger partial charge in [-0.1, -0.05) is 35.3 Å². The molecule has 1 atom stereocenters. The number of hydrogen-bond donors (Lipinski definition) is 1. The first-order valence-corrected chi connectivity index (χ1v) is 9.92. The Bertz CT molecular complexity index is 1040. The Balaban J connectivity index is 2.24. The molecule has 0 bridgehead atoms. The second-order valence-electron chi connectivity index (χ2n) is 5.88. The van der Waals surface area contributed by atoms with E-state index in [0.29, 0.717) is 5.69 Å². The molecule has 2 aromatic rings. The van der Waals surface area contributed by atoms with Crippen molar-refractivity contribution < 1.29 is 23.1 Å². The number of sulfonamides is 1. The van der Waals surface area contributed by atoms with Gasteiger partial charge in [0.25, 0.3) is 15.9 Å². The van der Waals surface area contributed by atoms with Crippen LogP contribution in [0.2, 0.25) is 10.0 Å². The smallest absolute Gasteiger partial charge is 0.306 e. The summed E-state index contributed by atoms with van der Waals surface area (Å²) in [5, 5.41) is 9.42. The molecule has 1 heterocycles. The summed E-state index contributed by atoms with van der Waals surface area (Å²) in [6.45, 7) is 0. The maximum absolute atomic E-state index is 13.3. The number of carbonyl (C=O) groups excluding carboxylic acids is 1. The van der Waals surface area contributed by atoms with E-state index in [1.807, 2.05) is 0 Å². The zero-order valence-electron chi connectivity index (χ0n) is 14.0. The number of nitrogens with zero attached hydrogens (tertiary/aromatic N) is 2. The summed E-state index contributed by atoms with van der Waals surface area (Å²) in [4.78, 5) is 25.1. The normalized spacial score (nSPS) is 17.0. The van der Waals surface area contributed by atoms with Gasteiger partial charge in [0.15, 0.2) is 0 Å². The molecule has 1 N–H and O–H groups in total. The number of benzene rings is 2. The van der Waals surface area contributed by atoms with E-state index in [9.17, 15) is 23.1 Å². The van der Waals surface area contributed by atoms with Crippen LogP contribution in [0.1, 0.15) is 6.42 Å². The SMILES string of the molecule is CN1C(=O)[C@@H](CC(=O)O)N(S(=O)(=O)c2ccc(Cl)c(Cl)c2)c2ccccc21. The summed E-state index contributed by atoms with van der Waals surface area (Å²) in [5.74, 6) is -1.93. The van der Waals surface area contributed by atoms with Crippen LogP contribution in [0.15, 0.2) is 47.4 Å². The molecule has 0 unspecified atom stereocenters. The van der Waals surface area contributed by atoms with Gasteiger partial charge in [-0.05, 0) is 30.3 Å². The van der Waals surface area contributed by atoms with Gasteiger partial charge in [0, 0.05) is 7.05 Å². The molecule has 0 fully saturated rings. The lowest BCUT2D eigenvalue weighted by Gasteiger charge is -2.40. The third kappa shape index (κ3) is 3.36. The van der Waals surface area contributed by atoms with Crippen LogP contribution in [-0.2, 0) is 19.6 Å². The fourth-order valence-electron chi connectivity index (χ4n) is 2.93. The molecule has 0 aromatic heterocycles. The van der Waals surface area contributed by atoms with E-state index in [4.69, 9.17) is 23.2 Å². The van der Waals surface area contributed by atoms with E-state index in [1.54, 1.807) is 18.2 Å². The average Bonchev–Trinajstić information content (AvgIpc) is 2.61. The second kappa shape index (κ2) is 7.03. The maximum atomic E-state index is 13.3. The van der Waals surface area contributed by atoms with Crippen molar-refractivity contribution in [2.45, 2.75) is 17.4 Å². The van der Waals surface area contributed by atoms with Crippen molar-refractivity contribution in [2.24, 2.45) is 0 Å². The van der Waals surface area contributed by atoms with Gasteiger partial charge in [-0.25, -0.2) is 8.42 Å². The van der Waals surface area contributed by atoms with E-state index in [0.717, 1.165) is 4.31 Å². The minimum absolute atomic E-state index is 0.0289. The van der Waals surface area contributed by atoms with E-state index in [1.165, 1.54) is 36.2 Å². The third-order valence-electron chi connectivity index (χ3n) is 4.20. The Kier molecular flexibility index (Phi) is 5.07. The number of aliphatic carboxylic acids is 1. The number of carbonyl (C=O) groups is 2. The second-order valence-corrected chi connectivity index (χ2v) is 8.51. The molecular formula is C17H14Cl2N2O5S. The maximum Gasteiger partial charge on any atom is 0.306 e. The van der Waals surface area contributed by atoms with Gasteiger partial charge in [-0.2, -0.15) is 0 Å². The quantitative estimate of drug-likeness (QED) is 0.807. The lowest BCUT2D eigenvalue weighted by Crippen LogP contribution is -2.55. The lowest BCUT2D eigenvalue weighted by atomic mass is 10.1. The van der Waals surface area contributed by atoms with Crippen LogP contribution in [0.25, 0.3) is 0 Å². The van der Waals surface area contributed by atoms with Gasteiger partial charge in [0.1, 0.15) is 6.04 Å². The molecule has 1 amide bonds. The molecule has 7 nitrogen and oxygen atoms in total. The minimum atomic E-state index is -4.29. The first-order chi connectivity index (χ1) is 12.6. The zero-order valence-corrected chi connectivity index (χ0v) is 16.3. The van der Waals surface area contributed by atoms with Crippen LogP contribution in [-0.4, -0.2) is 38.5 Å². The van der Waals surface area contributed by atoms with E-state index >= 15 is 0 Å². The van der Waals surface area contributed by atoms with E-state index in [2.05, 4.69) is 0 Å². The highest BCUT2D eigenvalue weighted by molar-refractivity contribution is 7.93. The Hall–Kier alpha value is -2.29. The molecule has 142 valence electrons. The number of halogens is 2. The Morgan fingerprint density at radius 3 is 2.33 bits per heavy atom. The minimum Gasteiger partial charge on any atom is -0.481 e. The van der Waals surface area contributed by atoms with Crippen molar-refractivity contribution in [3.8, 4) is 0 Å². The van der Waals surface area contributed by atoms with E-state index < -0.39 is 34.4 Å². The lowest BCUT2D eigenvalue weighted by molar-refractivity contribution is -0.139. The third-order valence-corrected chi connectivity index (χ3v) is 6.75. The molecule has 0 saturated heterocycles. The van der Waals surface area contributed by atoms with Gasteiger partial charge < -0.3 is 10.0 Å². The molecule has 2 aromatic carbocycles. The number of fused-ring (bicyclic) bond motifs is 1. The van der Waals surface area contributed by atoms with Crippen molar-refractivity contribution in [3.05, 3.63) is 52.5 Å². The van der Waals surface area contributed by atoms with Gasteiger partial charge in [-0.15, -0.1) is 0 Å². The van der Waals surface area contributed by atoms with Crippen LogP contribution in [0.4, 0.5) is 11.4 Å². The molecule has 10 heteroatoms. The molecule has 27 heavy (non-hydrogen) atoms. The summed E-state index contributed by atoms with van der Waals surface area (Å²) < 4.78 is 27.5. The molecular weight excluding hydrogens is 415 g/mol. The summed E-state index contributed by atoms with van der Waals surface area (Å²) in [5.41, 5.74) is 0.560. The summed E-state index contributed by atoms with van der Waals surface area (Å²) >= 11 is 11.8. The van der Waals surface area contributed by atoms with Crippen molar-refractivity contribution in [1.29, 1.82) is 0 Å². The predicted molar refractivity (Wildman–Crippen MR) is 102 cm³/mol. The summed E-state index contributed by atoms with van der Waals surface area (Å²) in [6.07, 6.45) is -0.682. The number of carboxylic acids is 1. The first kappa shape index (κ1) is 19.5. The number of carboxylic acid groups (broad SMARTS) is 1. The van der Waals surface area contributed by atoms with Crippen molar-refractivity contribution >= 4 is 56.5 Å². The Labute approximate surface area is 165 Å². The Morgan fingerprint density at radius 1 is 1.11 bits per heavy atom. The fraction of sp³-hybridized carbons (Fsp3) is 0.176. The van der Waals surface area contributed by atoms with Crippen LogP contribution >= 0.6 is 23.2 Å². The average molecular weight is 429 g/mol. The van der Waals surface area contributed by atoms with Crippen molar-refractivity contribution in [2.75, 3.05) is 16.3 Å². The summed E-state index contributed by atoms with van der Waals surface area (Å²) in [6, 6.07) is 8.69. The molecule has 0 aliphatic carbocycles. The highest BCUT2D eigenvalue weighted by Gasteiger charge is 2.44. The standard InChI is InChI=1S/C17H14Cl2N2O5S/c1-20-13-4-2-3-5-14(13)21(15(17(20)24)9-16(22)23)27(25,26)10-6-7-11(18)12(19)8-10/h2-8,15H,9H2,1H3,(H,22,23)/t15-/m1/s1. The van der Waals surface area contributed by atoms with Gasteiger partial charge >= 0.3 is 5.97 Å². The number of para-hydroxylation sites is 2. The zero-order chi connectivity index (χ0) is 19.9. The van der Waals surface area contributed by atoms with Gasteiger partial charge in [0.2, 0.25) is 0 Å². The molecule has 1 aliphatic heterocycles. The van der Waals surface area contributed by atoms with Gasteiger partial charge in [0.05, 0.1) is 32.7 Å². The van der Waals surface area contributed by atoms with Crippen molar-refractivity contribution in [1.82, 2.24) is 0 Å². The van der Waals surface area contributed by atoms with E-state index in [-0.39, 0.29) is 20.6 Å². The summed E-state index contributed by atoms with van der Waals surface area (Å²) in [7, 11) is -2.82. The molecule has 0 spiro atoms. The molecule has 1 aliphatic rings. The Morgan fingerprint density at radius 2 is 1.74 bits per heavy atom. The first-order valence-electron chi connectivity index (χ1n) is 7.72. The highest BCUT2D eigenvalue weighted by atomic mass is 35.5. The van der Waals surface area contributed by atoms with Crippen LogP contribution in [0.5, 0.6) is 0 Å². The van der Waals surface area contributed by atoms with Crippen LogP contribution in [0.3, 0.4) is 0 Å². The molecule has 0 saturated carbocycles. The number of amides is 1. The number of anilines is 2. The predicted octanol–water partition coefficient (Wildman–Crippen LogP) is 3.01. The molecule has 3 rings (SSSR count). The molecule has 0 radical (unpaired) electrons. The number of likely N-dealkylation sites (N-methyl/N-ethyl adjacent to an activating group) is 1. The van der Waals surface area contributed by atoms with Crippen LogP contribution < -0.4 is 9.21 Å². The van der Waals surface area contributed by atoms with Gasteiger partial charge in [-0.3, -0.25) is 13.9 Å².